The Morgan fingerprint density at radius 2 is 2.14 bits per heavy atom. The van der Waals surface area contributed by atoms with Crippen molar-refractivity contribution in [3.8, 4) is 0 Å². The molecule has 78 valence electrons. The highest BCUT2D eigenvalue weighted by molar-refractivity contribution is 7.16. The number of halogens is 1. The van der Waals surface area contributed by atoms with E-state index in [9.17, 15) is 0 Å². The van der Waals surface area contributed by atoms with E-state index >= 15 is 0 Å². The summed E-state index contributed by atoms with van der Waals surface area (Å²) in [7, 11) is 0. The van der Waals surface area contributed by atoms with E-state index in [0.29, 0.717) is 6.04 Å². The highest BCUT2D eigenvalue weighted by Gasteiger charge is 2.18. The molecule has 1 aliphatic heterocycles. The van der Waals surface area contributed by atoms with Crippen LogP contribution in [0.3, 0.4) is 0 Å². The van der Waals surface area contributed by atoms with Crippen LogP contribution in [0.2, 0.25) is 4.34 Å². The molecule has 4 heteroatoms. The molecule has 1 unspecified atom stereocenters. The van der Waals surface area contributed by atoms with Crippen molar-refractivity contribution in [1.29, 1.82) is 0 Å². The zero-order valence-electron chi connectivity index (χ0n) is 8.29. The van der Waals surface area contributed by atoms with E-state index in [-0.39, 0.29) is 0 Å². The molecule has 1 atom stereocenters. The average molecular weight is 231 g/mol. The van der Waals surface area contributed by atoms with Gasteiger partial charge in [-0.2, -0.15) is 0 Å². The minimum absolute atomic E-state index is 0.509. The van der Waals surface area contributed by atoms with Gasteiger partial charge in [-0.1, -0.05) is 11.6 Å². The van der Waals surface area contributed by atoms with Crippen molar-refractivity contribution in [2.75, 3.05) is 26.2 Å². The van der Waals surface area contributed by atoms with E-state index in [1.807, 2.05) is 6.07 Å². The third-order valence-electron chi connectivity index (χ3n) is 2.71. The summed E-state index contributed by atoms with van der Waals surface area (Å²) in [6.07, 6.45) is 0. The van der Waals surface area contributed by atoms with Gasteiger partial charge in [-0.3, -0.25) is 4.90 Å². The van der Waals surface area contributed by atoms with Crippen molar-refractivity contribution in [3.63, 3.8) is 0 Å². The van der Waals surface area contributed by atoms with Crippen LogP contribution in [-0.4, -0.2) is 31.1 Å². The van der Waals surface area contributed by atoms with Crippen molar-refractivity contribution in [2.24, 2.45) is 0 Å². The molecule has 0 aromatic carbocycles. The van der Waals surface area contributed by atoms with Crippen molar-refractivity contribution >= 4 is 22.9 Å². The van der Waals surface area contributed by atoms with Gasteiger partial charge in [0.05, 0.1) is 4.34 Å². The summed E-state index contributed by atoms with van der Waals surface area (Å²) in [6, 6.07) is 4.63. The molecule has 2 rings (SSSR count). The minimum Gasteiger partial charge on any atom is -0.314 e. The zero-order chi connectivity index (χ0) is 9.97. The summed E-state index contributed by atoms with van der Waals surface area (Å²) >= 11 is 7.62. The maximum Gasteiger partial charge on any atom is 0.0931 e. The second kappa shape index (κ2) is 4.62. The van der Waals surface area contributed by atoms with Crippen LogP contribution in [0.5, 0.6) is 0 Å². The Bertz CT molecular complexity index is 294. The lowest BCUT2D eigenvalue weighted by Gasteiger charge is -2.32. The maximum atomic E-state index is 5.93. The van der Waals surface area contributed by atoms with E-state index in [1.54, 1.807) is 11.3 Å². The van der Waals surface area contributed by atoms with Crippen LogP contribution < -0.4 is 5.32 Å². The second-order valence-corrected chi connectivity index (χ2v) is 5.35. The molecular formula is C10H15ClN2S. The largest absolute Gasteiger partial charge is 0.314 e. The first-order valence-corrected chi connectivity index (χ1v) is 6.17. The number of hydrogen-bond donors (Lipinski definition) is 1. The Balaban J connectivity index is 2.03. The van der Waals surface area contributed by atoms with Crippen LogP contribution in [0, 0.1) is 0 Å². The molecule has 0 bridgehead atoms. The van der Waals surface area contributed by atoms with Gasteiger partial charge < -0.3 is 5.32 Å². The van der Waals surface area contributed by atoms with Gasteiger partial charge in [0.1, 0.15) is 0 Å². The number of nitrogens with zero attached hydrogens (tertiary/aromatic N) is 1. The highest BCUT2D eigenvalue weighted by Crippen LogP contribution is 2.30. The Labute approximate surface area is 93.9 Å². The summed E-state index contributed by atoms with van der Waals surface area (Å²) < 4.78 is 0.891. The molecule has 1 aromatic rings. The predicted octanol–water partition coefficient (Wildman–Crippen LogP) is 2.37. The molecule has 0 saturated carbocycles. The lowest BCUT2D eigenvalue weighted by molar-refractivity contribution is 0.188. The van der Waals surface area contributed by atoms with E-state index in [0.717, 1.165) is 30.5 Å². The SMILES string of the molecule is CC(c1ccc(Cl)s1)N1CCNCC1. The van der Waals surface area contributed by atoms with E-state index in [1.165, 1.54) is 4.88 Å². The first-order valence-electron chi connectivity index (χ1n) is 4.97. The molecule has 1 fully saturated rings. The van der Waals surface area contributed by atoms with Gasteiger partial charge in [-0.05, 0) is 19.1 Å². The first kappa shape index (κ1) is 10.4. The monoisotopic (exact) mass is 230 g/mol. The molecule has 2 heterocycles. The van der Waals surface area contributed by atoms with Crippen molar-refractivity contribution in [3.05, 3.63) is 21.3 Å². The molecule has 0 spiro atoms. The van der Waals surface area contributed by atoms with E-state index < -0.39 is 0 Å². The van der Waals surface area contributed by atoms with Gasteiger partial charge in [0, 0.05) is 37.1 Å². The summed E-state index contributed by atoms with van der Waals surface area (Å²) in [5.74, 6) is 0. The first-order chi connectivity index (χ1) is 6.77. The van der Waals surface area contributed by atoms with Crippen LogP contribution in [0.15, 0.2) is 12.1 Å². The van der Waals surface area contributed by atoms with Crippen LogP contribution in [0.1, 0.15) is 17.8 Å². The molecule has 1 aliphatic rings. The van der Waals surface area contributed by atoms with E-state index in [2.05, 4.69) is 23.2 Å². The van der Waals surface area contributed by atoms with Gasteiger partial charge in [-0.15, -0.1) is 11.3 Å². The highest BCUT2D eigenvalue weighted by atomic mass is 35.5. The summed E-state index contributed by atoms with van der Waals surface area (Å²) in [4.78, 5) is 3.87. The molecule has 0 aliphatic carbocycles. The second-order valence-electron chi connectivity index (χ2n) is 3.60. The average Bonchev–Trinajstić information content (AvgIpc) is 2.65. The molecule has 14 heavy (non-hydrogen) atoms. The zero-order valence-corrected chi connectivity index (χ0v) is 9.87. The van der Waals surface area contributed by atoms with Crippen LogP contribution in [-0.2, 0) is 0 Å². The molecule has 0 radical (unpaired) electrons. The topological polar surface area (TPSA) is 15.3 Å². The standard InChI is InChI=1S/C10H15ClN2S/c1-8(9-2-3-10(11)14-9)13-6-4-12-5-7-13/h2-3,8,12H,4-7H2,1H3. The van der Waals surface area contributed by atoms with E-state index in [4.69, 9.17) is 11.6 Å². The lowest BCUT2D eigenvalue weighted by atomic mass is 10.2. The Hall–Kier alpha value is -0.0900. The molecule has 1 aromatic heterocycles. The van der Waals surface area contributed by atoms with Crippen LogP contribution >= 0.6 is 22.9 Å². The summed E-state index contributed by atoms with van der Waals surface area (Å²) in [6.45, 7) is 6.73. The Morgan fingerprint density at radius 1 is 1.43 bits per heavy atom. The fourth-order valence-electron chi connectivity index (χ4n) is 1.80. The Morgan fingerprint density at radius 3 is 2.71 bits per heavy atom. The van der Waals surface area contributed by atoms with Gasteiger partial charge >= 0.3 is 0 Å². The molecule has 1 saturated heterocycles. The summed E-state index contributed by atoms with van der Waals surface area (Å²) in [5.41, 5.74) is 0. The Kier molecular flexibility index (Phi) is 3.44. The van der Waals surface area contributed by atoms with Gasteiger partial charge in [0.15, 0.2) is 0 Å². The minimum atomic E-state index is 0.509. The normalized spacial score (nSPS) is 21.0. The quantitative estimate of drug-likeness (QED) is 0.839. The molecule has 1 N–H and O–H groups in total. The summed E-state index contributed by atoms with van der Waals surface area (Å²) in [5, 5.41) is 3.36. The fourth-order valence-corrected chi connectivity index (χ4v) is 2.95. The maximum absolute atomic E-state index is 5.93. The lowest BCUT2D eigenvalue weighted by Crippen LogP contribution is -2.44. The van der Waals surface area contributed by atoms with Crippen LogP contribution in [0.25, 0.3) is 0 Å². The van der Waals surface area contributed by atoms with Gasteiger partial charge in [0.25, 0.3) is 0 Å². The van der Waals surface area contributed by atoms with Crippen molar-refractivity contribution in [2.45, 2.75) is 13.0 Å². The molecule has 0 amide bonds. The number of rotatable bonds is 2. The number of nitrogens with one attached hydrogen (secondary N) is 1. The van der Waals surface area contributed by atoms with Crippen molar-refractivity contribution < 1.29 is 0 Å². The third-order valence-corrected chi connectivity index (χ3v) is 4.11. The van der Waals surface area contributed by atoms with Gasteiger partial charge in [-0.25, -0.2) is 0 Å². The number of piperazine rings is 1. The fraction of sp³-hybridized carbons (Fsp3) is 0.600. The van der Waals surface area contributed by atoms with Crippen LogP contribution in [0.4, 0.5) is 0 Å². The smallest absolute Gasteiger partial charge is 0.0931 e. The number of thiophene rings is 1. The molecule has 2 nitrogen and oxygen atoms in total. The van der Waals surface area contributed by atoms with Gasteiger partial charge in [0.2, 0.25) is 0 Å². The van der Waals surface area contributed by atoms with Crippen molar-refractivity contribution in [1.82, 2.24) is 10.2 Å². The molecular weight excluding hydrogens is 216 g/mol. The third kappa shape index (κ3) is 2.28. The predicted molar refractivity (Wildman–Crippen MR) is 62.2 cm³/mol. The number of hydrogen-bond acceptors (Lipinski definition) is 3.